The third-order valence-electron chi connectivity index (χ3n) is 2.93. The molecule has 2 aromatic rings. The summed E-state index contributed by atoms with van der Waals surface area (Å²) >= 11 is 0. The summed E-state index contributed by atoms with van der Waals surface area (Å²) in [5.41, 5.74) is 2.92. The summed E-state index contributed by atoms with van der Waals surface area (Å²) in [4.78, 5) is 0. The average Bonchev–Trinajstić information content (AvgIpc) is 2.29. The van der Waals surface area contributed by atoms with Crippen LogP contribution in [0.15, 0.2) is 42.5 Å². The van der Waals surface area contributed by atoms with E-state index >= 15 is 0 Å². The minimum Gasteiger partial charge on any atom is -0.0836 e. The molecule has 1 aliphatic rings. The summed E-state index contributed by atoms with van der Waals surface area (Å²) in [6.45, 7) is 0. The largest absolute Gasteiger partial charge is 0.0836 e. The second-order valence-electron chi connectivity index (χ2n) is 3.80. The first-order valence-electron chi connectivity index (χ1n) is 5.12. The number of benzene rings is 2. The van der Waals surface area contributed by atoms with Crippen LogP contribution in [0.25, 0.3) is 16.8 Å². The Bertz CT molecular complexity index is 506. The van der Waals surface area contributed by atoms with Gasteiger partial charge in [-0.2, -0.15) is 0 Å². The first-order valence-corrected chi connectivity index (χ1v) is 5.12. The van der Waals surface area contributed by atoms with E-state index in [2.05, 4.69) is 48.6 Å². The number of rotatable bonds is 0. The first kappa shape index (κ1) is 9.97. The summed E-state index contributed by atoms with van der Waals surface area (Å²) in [7, 11) is 0. The molecule has 0 unspecified atom stereocenters. The normalized spacial score (nSPS) is 13.3. The lowest BCUT2D eigenvalue weighted by Crippen LogP contribution is -1.94. The van der Waals surface area contributed by atoms with Gasteiger partial charge in [-0.3, -0.25) is 0 Å². The highest BCUT2D eigenvalue weighted by molar-refractivity contribution is 5.92. The van der Waals surface area contributed by atoms with Crippen molar-refractivity contribution >= 4 is 16.8 Å². The van der Waals surface area contributed by atoms with Gasteiger partial charge >= 0.3 is 0 Å². The van der Waals surface area contributed by atoms with E-state index in [0.717, 1.165) is 0 Å². The van der Waals surface area contributed by atoms with Gasteiger partial charge in [0.05, 0.1) is 0 Å². The van der Waals surface area contributed by atoms with Crippen molar-refractivity contribution in [1.29, 1.82) is 0 Å². The molecule has 3 rings (SSSR count). The van der Waals surface area contributed by atoms with Crippen LogP contribution in [-0.4, -0.2) is 0 Å². The molecule has 2 aromatic carbocycles. The molecular formula is C15H16. The predicted molar refractivity (Wildman–Crippen MR) is 68.0 cm³/mol. The molecule has 0 heterocycles. The Labute approximate surface area is 91.2 Å². The van der Waals surface area contributed by atoms with Gasteiger partial charge in [0.15, 0.2) is 0 Å². The maximum atomic E-state index is 2.27. The Balaban J connectivity index is 0.000000853. The fraction of sp³-hybridized carbons (Fsp3) is 0.200. The lowest BCUT2D eigenvalue weighted by atomic mass is 9.92. The van der Waals surface area contributed by atoms with Crippen molar-refractivity contribution in [2.45, 2.75) is 20.3 Å². The Kier molecular flexibility index (Phi) is 2.59. The molecule has 0 amide bonds. The quantitative estimate of drug-likeness (QED) is 0.584. The highest BCUT2D eigenvalue weighted by Gasteiger charge is 2.06. The molecule has 0 bridgehead atoms. The van der Waals surface area contributed by atoms with E-state index in [9.17, 15) is 0 Å². The summed E-state index contributed by atoms with van der Waals surface area (Å²) in [5, 5.41) is 2.73. The highest BCUT2D eigenvalue weighted by atomic mass is 14.1. The molecule has 15 heavy (non-hydrogen) atoms. The molecule has 0 atom stereocenters. The summed E-state index contributed by atoms with van der Waals surface area (Å²) in [6.07, 6.45) is 6.91. The van der Waals surface area contributed by atoms with Gasteiger partial charge in [-0.1, -0.05) is 56.0 Å². The number of hydrogen-bond acceptors (Lipinski definition) is 0. The smallest absolute Gasteiger partial charge is 0.0109 e. The highest BCUT2D eigenvalue weighted by Crippen LogP contribution is 2.27. The Hall–Kier alpha value is -1.56. The molecule has 0 saturated carbocycles. The summed E-state index contributed by atoms with van der Waals surface area (Å²) in [5.74, 6) is 0. The summed E-state index contributed by atoms with van der Waals surface area (Å²) in [6, 6.07) is 13.1. The first-order chi connectivity index (χ1) is 6.95. The SMILES string of the molecule is C.C1=Cc2c(ccc3ccccc23)CC1. The molecule has 1 aliphatic carbocycles. The van der Waals surface area contributed by atoms with Gasteiger partial charge in [0.25, 0.3) is 0 Å². The standard InChI is InChI=1S/C14H12.CH4/c1-3-7-13-11(5-1)9-10-12-6-2-4-8-14(12)13;/h1,3-5,7-10H,2,6H2;1H4. The van der Waals surface area contributed by atoms with Gasteiger partial charge in [-0.05, 0) is 34.7 Å². The van der Waals surface area contributed by atoms with E-state index < -0.39 is 0 Å². The van der Waals surface area contributed by atoms with Crippen molar-refractivity contribution in [3.05, 3.63) is 53.6 Å². The minimum absolute atomic E-state index is 0. The van der Waals surface area contributed by atoms with Crippen molar-refractivity contribution < 1.29 is 0 Å². The zero-order chi connectivity index (χ0) is 9.38. The molecule has 0 fully saturated rings. The van der Waals surface area contributed by atoms with E-state index in [4.69, 9.17) is 0 Å². The molecule has 0 radical (unpaired) electrons. The van der Waals surface area contributed by atoms with Gasteiger partial charge in [-0.15, -0.1) is 0 Å². The second kappa shape index (κ2) is 3.90. The Morgan fingerprint density at radius 1 is 0.933 bits per heavy atom. The number of hydrogen-bond donors (Lipinski definition) is 0. The van der Waals surface area contributed by atoms with Gasteiger partial charge in [0.1, 0.15) is 0 Å². The van der Waals surface area contributed by atoms with E-state index in [1.807, 2.05) is 0 Å². The fourth-order valence-electron chi connectivity index (χ4n) is 2.20. The number of fused-ring (bicyclic) bond motifs is 3. The Morgan fingerprint density at radius 2 is 1.80 bits per heavy atom. The molecule has 0 spiro atoms. The average molecular weight is 196 g/mol. The van der Waals surface area contributed by atoms with Crippen LogP contribution in [0.4, 0.5) is 0 Å². The van der Waals surface area contributed by atoms with Crippen LogP contribution >= 0.6 is 0 Å². The third kappa shape index (κ3) is 1.56. The van der Waals surface area contributed by atoms with Crippen LogP contribution < -0.4 is 0 Å². The molecule has 0 heteroatoms. The van der Waals surface area contributed by atoms with Crippen LogP contribution in [0.5, 0.6) is 0 Å². The van der Waals surface area contributed by atoms with Gasteiger partial charge in [0, 0.05) is 0 Å². The number of aryl methyl sites for hydroxylation is 1. The minimum atomic E-state index is 0. The van der Waals surface area contributed by atoms with Gasteiger partial charge in [0.2, 0.25) is 0 Å². The van der Waals surface area contributed by atoms with Crippen LogP contribution in [0.1, 0.15) is 25.0 Å². The second-order valence-corrected chi connectivity index (χ2v) is 3.80. The van der Waals surface area contributed by atoms with Crippen molar-refractivity contribution in [2.24, 2.45) is 0 Å². The Morgan fingerprint density at radius 3 is 2.73 bits per heavy atom. The van der Waals surface area contributed by atoms with Crippen LogP contribution in [0.2, 0.25) is 0 Å². The lowest BCUT2D eigenvalue weighted by Gasteiger charge is -2.12. The maximum absolute atomic E-state index is 2.27. The fourth-order valence-corrected chi connectivity index (χ4v) is 2.20. The molecule has 0 aliphatic heterocycles. The zero-order valence-electron chi connectivity index (χ0n) is 8.03. The van der Waals surface area contributed by atoms with Crippen molar-refractivity contribution in [2.75, 3.05) is 0 Å². The molecule has 0 N–H and O–H groups in total. The molecule has 76 valence electrons. The van der Waals surface area contributed by atoms with Gasteiger partial charge < -0.3 is 0 Å². The van der Waals surface area contributed by atoms with E-state index in [-0.39, 0.29) is 7.43 Å². The topological polar surface area (TPSA) is 0 Å². The van der Waals surface area contributed by atoms with Crippen molar-refractivity contribution in [1.82, 2.24) is 0 Å². The van der Waals surface area contributed by atoms with E-state index in [1.165, 1.54) is 34.7 Å². The van der Waals surface area contributed by atoms with E-state index in [1.54, 1.807) is 0 Å². The molecule has 0 saturated heterocycles. The summed E-state index contributed by atoms with van der Waals surface area (Å²) < 4.78 is 0. The third-order valence-corrected chi connectivity index (χ3v) is 2.93. The molecule has 0 aromatic heterocycles. The molecular weight excluding hydrogens is 180 g/mol. The van der Waals surface area contributed by atoms with Crippen LogP contribution in [0, 0.1) is 0 Å². The lowest BCUT2D eigenvalue weighted by molar-refractivity contribution is 0.990. The van der Waals surface area contributed by atoms with Crippen molar-refractivity contribution in [3.63, 3.8) is 0 Å². The molecule has 0 nitrogen and oxygen atoms in total. The monoisotopic (exact) mass is 196 g/mol. The van der Waals surface area contributed by atoms with Gasteiger partial charge in [-0.25, -0.2) is 0 Å². The number of allylic oxidation sites excluding steroid dienone is 1. The van der Waals surface area contributed by atoms with Crippen LogP contribution in [-0.2, 0) is 6.42 Å². The predicted octanol–water partition coefficient (Wildman–Crippen LogP) is 4.44. The van der Waals surface area contributed by atoms with Crippen molar-refractivity contribution in [3.8, 4) is 0 Å². The zero-order valence-corrected chi connectivity index (χ0v) is 8.03. The van der Waals surface area contributed by atoms with E-state index in [0.29, 0.717) is 0 Å². The van der Waals surface area contributed by atoms with Crippen LogP contribution in [0.3, 0.4) is 0 Å². The maximum Gasteiger partial charge on any atom is -0.0109 e.